The lowest BCUT2D eigenvalue weighted by atomic mass is 9.85. The fraction of sp³-hybridized carbons (Fsp3) is 0.520. The fourth-order valence-electron chi connectivity index (χ4n) is 4.71. The molecule has 1 aromatic carbocycles. The molecule has 1 N–H and O–H groups in total. The Morgan fingerprint density at radius 1 is 1.16 bits per heavy atom. The standard InChI is InChI=1S/C25H33N3O3/c1-17-18(2)23-21(19(3)22(17)29)7-8-25(4,31-23)9-11-27-12-14-28(15-13-27)24(30)20-6-5-10-26-16-20/h5-6,10,16,29H,7-9,11-15H2,1-4H3. The van der Waals surface area contributed by atoms with Crippen molar-refractivity contribution in [3.63, 3.8) is 0 Å². The Morgan fingerprint density at radius 2 is 1.90 bits per heavy atom. The van der Waals surface area contributed by atoms with Crippen molar-refractivity contribution in [2.24, 2.45) is 0 Å². The second kappa shape index (κ2) is 8.50. The number of piperazine rings is 1. The van der Waals surface area contributed by atoms with Gasteiger partial charge in [-0.1, -0.05) is 0 Å². The first-order valence-corrected chi connectivity index (χ1v) is 11.2. The largest absolute Gasteiger partial charge is 0.507 e. The molecule has 166 valence electrons. The minimum absolute atomic E-state index is 0.0661. The van der Waals surface area contributed by atoms with Gasteiger partial charge in [0.25, 0.3) is 5.91 Å². The number of fused-ring (bicyclic) bond motifs is 1. The SMILES string of the molecule is Cc1c(C)c2c(c(C)c1O)CCC(C)(CCN1CCN(C(=O)c3cccnc3)CC1)O2. The Labute approximate surface area is 184 Å². The summed E-state index contributed by atoms with van der Waals surface area (Å²) in [5.41, 5.74) is 4.51. The maximum Gasteiger partial charge on any atom is 0.255 e. The molecule has 2 aromatic rings. The average Bonchev–Trinajstić information content (AvgIpc) is 2.80. The Bertz CT molecular complexity index is 968. The Kier molecular flexibility index (Phi) is 5.93. The lowest BCUT2D eigenvalue weighted by Crippen LogP contribution is -2.50. The van der Waals surface area contributed by atoms with E-state index in [1.165, 1.54) is 0 Å². The van der Waals surface area contributed by atoms with Gasteiger partial charge < -0.3 is 14.7 Å². The molecule has 3 heterocycles. The fourth-order valence-corrected chi connectivity index (χ4v) is 4.71. The van der Waals surface area contributed by atoms with Gasteiger partial charge in [0.1, 0.15) is 17.1 Å². The number of carbonyl (C=O) groups excluding carboxylic acids is 1. The molecule has 6 heteroatoms. The number of ether oxygens (including phenoxy) is 1. The lowest BCUT2D eigenvalue weighted by molar-refractivity contribution is 0.0337. The van der Waals surface area contributed by atoms with Crippen LogP contribution in [0.3, 0.4) is 0 Å². The molecular formula is C25H33N3O3. The van der Waals surface area contributed by atoms with Gasteiger partial charge in [0.2, 0.25) is 0 Å². The molecule has 1 saturated heterocycles. The maximum atomic E-state index is 12.6. The predicted molar refractivity (Wildman–Crippen MR) is 121 cm³/mol. The molecule has 1 unspecified atom stereocenters. The van der Waals surface area contributed by atoms with Crippen LogP contribution in [0, 0.1) is 20.8 Å². The summed E-state index contributed by atoms with van der Waals surface area (Å²) in [6, 6.07) is 3.63. The van der Waals surface area contributed by atoms with Gasteiger partial charge in [-0.3, -0.25) is 14.7 Å². The van der Waals surface area contributed by atoms with Gasteiger partial charge in [0, 0.05) is 50.7 Å². The number of aromatic hydroxyl groups is 1. The Hall–Kier alpha value is -2.60. The molecule has 0 bridgehead atoms. The normalized spacial score (nSPS) is 21.5. The van der Waals surface area contributed by atoms with Crippen molar-refractivity contribution < 1.29 is 14.6 Å². The summed E-state index contributed by atoms with van der Waals surface area (Å²) in [5, 5.41) is 10.4. The van der Waals surface area contributed by atoms with Crippen LogP contribution in [0.2, 0.25) is 0 Å². The quantitative estimate of drug-likeness (QED) is 0.813. The number of nitrogens with zero attached hydrogens (tertiary/aromatic N) is 3. The van der Waals surface area contributed by atoms with Crippen LogP contribution in [-0.2, 0) is 6.42 Å². The van der Waals surface area contributed by atoms with Gasteiger partial charge in [0.15, 0.2) is 0 Å². The third-order valence-electron chi connectivity index (χ3n) is 7.12. The number of carbonyl (C=O) groups is 1. The maximum absolute atomic E-state index is 12.6. The first-order valence-electron chi connectivity index (χ1n) is 11.2. The number of aromatic nitrogens is 1. The molecule has 1 amide bonds. The summed E-state index contributed by atoms with van der Waals surface area (Å²) >= 11 is 0. The van der Waals surface area contributed by atoms with E-state index in [0.29, 0.717) is 11.3 Å². The first-order chi connectivity index (χ1) is 14.8. The van der Waals surface area contributed by atoms with E-state index in [2.05, 4.69) is 16.8 Å². The number of phenols is 1. The number of amides is 1. The molecule has 2 aliphatic rings. The van der Waals surface area contributed by atoms with E-state index in [4.69, 9.17) is 4.74 Å². The van der Waals surface area contributed by atoms with Gasteiger partial charge in [-0.05, 0) is 75.8 Å². The lowest BCUT2D eigenvalue weighted by Gasteiger charge is -2.40. The van der Waals surface area contributed by atoms with Crippen molar-refractivity contribution in [2.45, 2.75) is 52.6 Å². The zero-order chi connectivity index (χ0) is 22.2. The topological polar surface area (TPSA) is 65.9 Å². The highest BCUT2D eigenvalue weighted by Gasteiger charge is 2.35. The molecule has 31 heavy (non-hydrogen) atoms. The van der Waals surface area contributed by atoms with Crippen LogP contribution < -0.4 is 4.74 Å². The number of hydrogen-bond acceptors (Lipinski definition) is 5. The van der Waals surface area contributed by atoms with Gasteiger partial charge in [0.05, 0.1) is 5.56 Å². The molecule has 4 rings (SSSR count). The summed E-state index contributed by atoms with van der Waals surface area (Å²) < 4.78 is 6.57. The van der Waals surface area contributed by atoms with Crippen LogP contribution in [-0.4, -0.2) is 64.1 Å². The zero-order valence-electron chi connectivity index (χ0n) is 19.1. The monoisotopic (exact) mass is 423 g/mol. The smallest absolute Gasteiger partial charge is 0.255 e. The van der Waals surface area contributed by atoms with Gasteiger partial charge in [-0.2, -0.15) is 0 Å². The highest BCUT2D eigenvalue weighted by molar-refractivity contribution is 5.93. The predicted octanol–water partition coefficient (Wildman–Crippen LogP) is 3.64. The van der Waals surface area contributed by atoms with Crippen LogP contribution in [0.1, 0.15) is 52.4 Å². The summed E-state index contributed by atoms with van der Waals surface area (Å²) in [7, 11) is 0. The zero-order valence-corrected chi connectivity index (χ0v) is 19.1. The molecule has 1 fully saturated rings. The van der Waals surface area contributed by atoms with E-state index in [1.54, 1.807) is 18.5 Å². The van der Waals surface area contributed by atoms with Crippen molar-refractivity contribution in [1.82, 2.24) is 14.8 Å². The summed E-state index contributed by atoms with van der Waals surface area (Å²) in [5.74, 6) is 1.44. The van der Waals surface area contributed by atoms with Gasteiger partial charge >= 0.3 is 0 Å². The second-order valence-corrected chi connectivity index (χ2v) is 9.21. The van der Waals surface area contributed by atoms with Gasteiger partial charge in [-0.15, -0.1) is 0 Å². The summed E-state index contributed by atoms with van der Waals surface area (Å²) in [6.07, 6.45) is 6.15. The average molecular weight is 424 g/mol. The molecule has 0 spiro atoms. The van der Waals surface area contributed by atoms with E-state index in [9.17, 15) is 9.90 Å². The van der Waals surface area contributed by atoms with E-state index in [0.717, 1.165) is 80.0 Å². The van der Waals surface area contributed by atoms with Crippen LogP contribution >= 0.6 is 0 Å². The third kappa shape index (κ3) is 4.26. The Balaban J connectivity index is 1.34. The van der Waals surface area contributed by atoms with Crippen molar-refractivity contribution in [3.05, 3.63) is 52.3 Å². The Morgan fingerprint density at radius 3 is 2.58 bits per heavy atom. The number of pyridine rings is 1. The number of phenolic OH excluding ortho intramolecular Hbond substituents is 1. The number of hydrogen-bond donors (Lipinski definition) is 1. The number of rotatable bonds is 4. The molecule has 0 aliphatic carbocycles. The molecule has 6 nitrogen and oxygen atoms in total. The van der Waals surface area contributed by atoms with E-state index in [-0.39, 0.29) is 11.5 Å². The first kappa shape index (κ1) is 21.6. The van der Waals surface area contributed by atoms with Crippen LogP contribution in [0.15, 0.2) is 24.5 Å². The van der Waals surface area contributed by atoms with Crippen molar-refractivity contribution >= 4 is 5.91 Å². The molecule has 1 aromatic heterocycles. The van der Waals surface area contributed by atoms with Crippen LogP contribution in [0.5, 0.6) is 11.5 Å². The second-order valence-electron chi connectivity index (χ2n) is 9.21. The van der Waals surface area contributed by atoms with Crippen molar-refractivity contribution in [3.8, 4) is 11.5 Å². The van der Waals surface area contributed by atoms with E-state index in [1.807, 2.05) is 31.7 Å². The van der Waals surface area contributed by atoms with Gasteiger partial charge in [-0.25, -0.2) is 0 Å². The highest BCUT2D eigenvalue weighted by Crippen LogP contribution is 2.44. The van der Waals surface area contributed by atoms with Crippen LogP contribution in [0.25, 0.3) is 0 Å². The third-order valence-corrected chi connectivity index (χ3v) is 7.12. The summed E-state index contributed by atoms with van der Waals surface area (Å²) in [6.45, 7) is 12.4. The van der Waals surface area contributed by atoms with E-state index < -0.39 is 0 Å². The minimum atomic E-state index is -0.212. The molecule has 0 radical (unpaired) electrons. The van der Waals surface area contributed by atoms with Crippen molar-refractivity contribution in [1.29, 1.82) is 0 Å². The molecular weight excluding hydrogens is 390 g/mol. The molecule has 2 aliphatic heterocycles. The highest BCUT2D eigenvalue weighted by atomic mass is 16.5. The van der Waals surface area contributed by atoms with E-state index >= 15 is 0 Å². The summed E-state index contributed by atoms with van der Waals surface area (Å²) in [4.78, 5) is 21.0. The molecule has 0 saturated carbocycles. The minimum Gasteiger partial charge on any atom is -0.507 e. The van der Waals surface area contributed by atoms with Crippen molar-refractivity contribution in [2.75, 3.05) is 32.7 Å². The molecule has 1 atom stereocenters. The number of benzene rings is 1. The van der Waals surface area contributed by atoms with Crippen LogP contribution in [0.4, 0.5) is 0 Å².